The van der Waals surface area contributed by atoms with E-state index in [-0.39, 0.29) is 17.9 Å². The van der Waals surface area contributed by atoms with Gasteiger partial charge in [0.2, 0.25) is 0 Å². The largest absolute Gasteiger partial charge is 0.327 e. The molecule has 23 heavy (non-hydrogen) atoms. The van der Waals surface area contributed by atoms with Crippen LogP contribution in [0.15, 0.2) is 84.5 Å². The fraction of sp³-hybridized carbons (Fsp3) is 0.190. The van der Waals surface area contributed by atoms with Crippen LogP contribution < -0.4 is 0 Å². The van der Waals surface area contributed by atoms with E-state index in [2.05, 4.69) is 54.6 Å². The lowest BCUT2D eigenvalue weighted by Gasteiger charge is -2.27. The van der Waals surface area contributed by atoms with Crippen LogP contribution in [0.25, 0.3) is 0 Å². The molecule has 2 atom stereocenters. The fourth-order valence-electron chi connectivity index (χ4n) is 3.64. The molecule has 2 nitrogen and oxygen atoms in total. The average molecular weight is 301 g/mol. The zero-order chi connectivity index (χ0) is 15.6. The van der Waals surface area contributed by atoms with Gasteiger partial charge in [0, 0.05) is 18.0 Å². The van der Waals surface area contributed by atoms with Crippen LogP contribution in [0.3, 0.4) is 0 Å². The second kappa shape index (κ2) is 5.88. The van der Waals surface area contributed by atoms with Crippen LogP contribution >= 0.6 is 0 Å². The molecule has 0 N–H and O–H groups in total. The number of rotatable bonds is 3. The summed E-state index contributed by atoms with van der Waals surface area (Å²) in [5, 5.41) is 0. The Bertz CT molecular complexity index is 761. The third-order valence-electron chi connectivity index (χ3n) is 4.70. The standard InChI is InChI=1S/C21H19NO/c23-21-19-14-8-7-13-18(19)20(17-11-5-2-6-12-17)22(21)15-16-9-3-1-4-10-16/h1-7,9-14,18,20H,8,15H2/t18-,20+/m1/s1. The van der Waals surface area contributed by atoms with Gasteiger partial charge in [-0.05, 0) is 17.5 Å². The lowest BCUT2D eigenvalue weighted by Crippen LogP contribution is -2.28. The van der Waals surface area contributed by atoms with Crippen molar-refractivity contribution in [1.29, 1.82) is 0 Å². The second-order valence-electron chi connectivity index (χ2n) is 6.12. The maximum absolute atomic E-state index is 13.0. The average Bonchev–Trinajstić information content (AvgIpc) is 2.89. The molecule has 2 aliphatic rings. The summed E-state index contributed by atoms with van der Waals surface area (Å²) in [4.78, 5) is 15.0. The van der Waals surface area contributed by atoms with Gasteiger partial charge in [-0.3, -0.25) is 4.79 Å². The molecule has 1 saturated heterocycles. The molecule has 2 aromatic carbocycles. The number of hydrogen-bond donors (Lipinski definition) is 0. The van der Waals surface area contributed by atoms with E-state index in [1.165, 1.54) is 11.1 Å². The quantitative estimate of drug-likeness (QED) is 0.775. The Morgan fingerprint density at radius 3 is 2.39 bits per heavy atom. The van der Waals surface area contributed by atoms with Gasteiger partial charge in [0.05, 0.1) is 6.04 Å². The van der Waals surface area contributed by atoms with Gasteiger partial charge in [0.25, 0.3) is 5.91 Å². The van der Waals surface area contributed by atoms with Crippen LogP contribution in [0.4, 0.5) is 0 Å². The molecule has 2 heteroatoms. The molecule has 0 bridgehead atoms. The smallest absolute Gasteiger partial charge is 0.251 e. The van der Waals surface area contributed by atoms with Crippen LogP contribution in [-0.2, 0) is 11.3 Å². The fourth-order valence-corrected chi connectivity index (χ4v) is 3.64. The van der Waals surface area contributed by atoms with E-state index < -0.39 is 0 Å². The Morgan fingerprint density at radius 2 is 1.65 bits per heavy atom. The molecule has 0 radical (unpaired) electrons. The Hall–Kier alpha value is -2.61. The third-order valence-corrected chi connectivity index (χ3v) is 4.70. The molecule has 0 saturated carbocycles. The number of carbonyl (C=O) groups is 1. The van der Waals surface area contributed by atoms with Gasteiger partial charge in [0.15, 0.2) is 0 Å². The van der Waals surface area contributed by atoms with Gasteiger partial charge in [-0.25, -0.2) is 0 Å². The van der Waals surface area contributed by atoms with Crippen molar-refractivity contribution in [1.82, 2.24) is 4.90 Å². The molecule has 0 spiro atoms. The summed E-state index contributed by atoms with van der Waals surface area (Å²) in [5.41, 5.74) is 3.33. The summed E-state index contributed by atoms with van der Waals surface area (Å²) in [6.07, 6.45) is 7.32. The van der Waals surface area contributed by atoms with Crippen molar-refractivity contribution >= 4 is 5.91 Å². The summed E-state index contributed by atoms with van der Waals surface area (Å²) >= 11 is 0. The highest BCUT2D eigenvalue weighted by molar-refractivity contribution is 5.97. The highest BCUT2D eigenvalue weighted by atomic mass is 16.2. The zero-order valence-corrected chi connectivity index (χ0v) is 12.9. The molecular weight excluding hydrogens is 282 g/mol. The number of likely N-dealkylation sites (tertiary alicyclic amines) is 1. The predicted molar refractivity (Wildman–Crippen MR) is 91.5 cm³/mol. The number of benzene rings is 2. The van der Waals surface area contributed by atoms with Crippen molar-refractivity contribution in [2.75, 3.05) is 0 Å². The molecule has 0 aromatic heterocycles. The topological polar surface area (TPSA) is 20.3 Å². The first-order valence-electron chi connectivity index (χ1n) is 8.11. The SMILES string of the molecule is O=C1C2=CCC=C[C@H]2[C@H](c2ccccc2)N1Cc1ccccc1. The van der Waals surface area contributed by atoms with Crippen LogP contribution in [0, 0.1) is 5.92 Å². The van der Waals surface area contributed by atoms with Gasteiger partial charge in [-0.15, -0.1) is 0 Å². The number of allylic oxidation sites excluding steroid dienone is 2. The van der Waals surface area contributed by atoms with E-state index >= 15 is 0 Å². The molecule has 1 aliphatic carbocycles. The highest BCUT2D eigenvalue weighted by Crippen LogP contribution is 2.44. The minimum atomic E-state index is 0.0895. The lowest BCUT2D eigenvalue weighted by molar-refractivity contribution is -0.127. The molecule has 0 unspecified atom stereocenters. The molecule has 1 amide bonds. The first kappa shape index (κ1) is 14.0. The van der Waals surface area contributed by atoms with E-state index in [1.54, 1.807) is 0 Å². The summed E-state index contributed by atoms with van der Waals surface area (Å²) in [7, 11) is 0. The van der Waals surface area contributed by atoms with Gasteiger partial charge in [0.1, 0.15) is 0 Å². The molecule has 4 rings (SSSR count). The minimum Gasteiger partial charge on any atom is -0.327 e. The first-order chi connectivity index (χ1) is 11.3. The van der Waals surface area contributed by atoms with Crippen LogP contribution in [-0.4, -0.2) is 10.8 Å². The third kappa shape index (κ3) is 2.50. The number of fused-ring (bicyclic) bond motifs is 1. The Morgan fingerprint density at radius 1 is 0.957 bits per heavy atom. The number of amides is 1. The minimum absolute atomic E-state index is 0.0895. The predicted octanol–water partition coefficient (Wildman–Crippen LogP) is 4.27. The maximum atomic E-state index is 13.0. The second-order valence-corrected chi connectivity index (χ2v) is 6.12. The van der Waals surface area contributed by atoms with Crippen molar-refractivity contribution in [2.45, 2.75) is 19.0 Å². The van der Waals surface area contributed by atoms with Gasteiger partial charge < -0.3 is 4.90 Å². The monoisotopic (exact) mass is 301 g/mol. The summed E-state index contributed by atoms with van der Waals surface area (Å²) < 4.78 is 0. The Kier molecular flexibility index (Phi) is 3.58. The Balaban J connectivity index is 1.75. The number of hydrogen-bond acceptors (Lipinski definition) is 1. The van der Waals surface area contributed by atoms with Crippen molar-refractivity contribution < 1.29 is 4.79 Å². The Labute approximate surface area is 136 Å². The van der Waals surface area contributed by atoms with Crippen LogP contribution in [0.1, 0.15) is 23.6 Å². The lowest BCUT2D eigenvalue weighted by atomic mass is 9.87. The molecule has 1 aliphatic heterocycles. The van der Waals surface area contributed by atoms with Crippen molar-refractivity contribution in [3.05, 3.63) is 95.6 Å². The van der Waals surface area contributed by atoms with Gasteiger partial charge >= 0.3 is 0 Å². The first-order valence-corrected chi connectivity index (χ1v) is 8.11. The summed E-state index contributed by atoms with van der Waals surface area (Å²) in [6, 6.07) is 20.7. The molecule has 2 aromatic rings. The van der Waals surface area contributed by atoms with Crippen LogP contribution in [0.2, 0.25) is 0 Å². The number of nitrogens with zero attached hydrogens (tertiary/aromatic N) is 1. The zero-order valence-electron chi connectivity index (χ0n) is 12.9. The van der Waals surface area contributed by atoms with Gasteiger partial charge in [-0.2, -0.15) is 0 Å². The molecule has 114 valence electrons. The van der Waals surface area contributed by atoms with Crippen molar-refractivity contribution in [3.8, 4) is 0 Å². The summed E-state index contributed by atoms with van der Waals surface area (Å²) in [6.45, 7) is 0.654. The van der Waals surface area contributed by atoms with Crippen molar-refractivity contribution in [2.24, 2.45) is 5.92 Å². The van der Waals surface area contributed by atoms with E-state index in [0.29, 0.717) is 6.54 Å². The molecule has 1 fully saturated rings. The van der Waals surface area contributed by atoms with E-state index in [1.807, 2.05) is 29.2 Å². The van der Waals surface area contributed by atoms with Crippen LogP contribution in [0.5, 0.6) is 0 Å². The molecular formula is C21H19NO. The normalized spacial score (nSPS) is 22.9. The molecule has 1 heterocycles. The van der Waals surface area contributed by atoms with E-state index in [4.69, 9.17) is 0 Å². The maximum Gasteiger partial charge on any atom is 0.251 e. The summed E-state index contributed by atoms with van der Waals surface area (Å²) in [5.74, 6) is 0.347. The van der Waals surface area contributed by atoms with E-state index in [9.17, 15) is 4.79 Å². The number of carbonyl (C=O) groups excluding carboxylic acids is 1. The van der Waals surface area contributed by atoms with Crippen molar-refractivity contribution in [3.63, 3.8) is 0 Å². The van der Waals surface area contributed by atoms with E-state index in [0.717, 1.165) is 12.0 Å². The van der Waals surface area contributed by atoms with Gasteiger partial charge in [-0.1, -0.05) is 78.9 Å². The highest BCUT2D eigenvalue weighted by Gasteiger charge is 2.43.